The van der Waals surface area contributed by atoms with E-state index in [0.717, 1.165) is 17.7 Å². The average Bonchev–Trinajstić information content (AvgIpc) is 3.20. The van der Waals surface area contributed by atoms with Gasteiger partial charge in [-0.1, -0.05) is 41.9 Å². The first-order valence-corrected chi connectivity index (χ1v) is 7.51. The Labute approximate surface area is 128 Å². The molecule has 1 saturated carbocycles. The van der Waals surface area contributed by atoms with Crippen molar-refractivity contribution in [2.45, 2.75) is 24.4 Å². The van der Waals surface area contributed by atoms with Crippen LogP contribution in [-0.2, 0) is 4.79 Å². The molecule has 0 saturated heterocycles. The monoisotopic (exact) mass is 298 g/mol. The summed E-state index contributed by atoms with van der Waals surface area (Å²) >= 11 is 6.05. The number of nitrogens with one attached hydrogen (secondary N) is 2. The van der Waals surface area contributed by atoms with Gasteiger partial charge in [0.05, 0.1) is 0 Å². The van der Waals surface area contributed by atoms with Crippen LogP contribution in [-0.4, -0.2) is 11.9 Å². The first-order chi connectivity index (χ1) is 10.2. The molecule has 2 aromatic carbocycles. The Morgan fingerprint density at radius 2 is 1.95 bits per heavy atom. The third-order valence-electron chi connectivity index (χ3n) is 4.24. The molecule has 1 amide bonds. The van der Waals surface area contributed by atoms with E-state index in [9.17, 15) is 4.79 Å². The number of amides is 1. The number of fused-ring (bicyclic) bond motifs is 1. The summed E-state index contributed by atoms with van der Waals surface area (Å²) in [7, 11) is 0. The molecule has 0 spiro atoms. The van der Waals surface area contributed by atoms with Gasteiger partial charge in [-0.25, -0.2) is 0 Å². The van der Waals surface area contributed by atoms with Crippen LogP contribution in [0.2, 0.25) is 5.02 Å². The highest BCUT2D eigenvalue weighted by atomic mass is 35.5. The largest absolute Gasteiger partial charge is 0.324 e. The zero-order valence-corrected chi connectivity index (χ0v) is 12.1. The normalized spacial score (nSPS) is 26.3. The number of benzene rings is 2. The summed E-state index contributed by atoms with van der Waals surface area (Å²) in [5.74, 6) is 0.508. The van der Waals surface area contributed by atoms with Gasteiger partial charge < -0.3 is 5.32 Å². The SMILES string of the molecule is O=C1Nc2ccc(Cl)cc2C1NC1CC1c1ccccc1. The van der Waals surface area contributed by atoms with Crippen LogP contribution in [0.1, 0.15) is 29.5 Å². The molecule has 3 atom stereocenters. The first kappa shape index (κ1) is 12.9. The van der Waals surface area contributed by atoms with Crippen LogP contribution in [0.25, 0.3) is 0 Å². The molecular weight excluding hydrogens is 284 g/mol. The minimum Gasteiger partial charge on any atom is -0.324 e. The van der Waals surface area contributed by atoms with Crippen LogP contribution < -0.4 is 10.6 Å². The number of hydrogen-bond donors (Lipinski definition) is 2. The Kier molecular flexibility index (Phi) is 2.98. The van der Waals surface area contributed by atoms with Crippen molar-refractivity contribution in [3.8, 4) is 0 Å². The first-order valence-electron chi connectivity index (χ1n) is 7.14. The summed E-state index contributed by atoms with van der Waals surface area (Å²) in [6.07, 6.45) is 1.07. The molecule has 21 heavy (non-hydrogen) atoms. The van der Waals surface area contributed by atoms with Crippen LogP contribution in [0.15, 0.2) is 48.5 Å². The molecule has 3 unspecified atom stereocenters. The quantitative estimate of drug-likeness (QED) is 0.911. The maximum atomic E-state index is 12.1. The Morgan fingerprint density at radius 3 is 2.76 bits per heavy atom. The van der Waals surface area contributed by atoms with Crippen molar-refractivity contribution in [2.75, 3.05) is 5.32 Å². The zero-order chi connectivity index (χ0) is 14.4. The second-order valence-electron chi connectivity index (χ2n) is 5.68. The van der Waals surface area contributed by atoms with Gasteiger partial charge >= 0.3 is 0 Å². The van der Waals surface area contributed by atoms with Gasteiger partial charge in [-0.3, -0.25) is 10.1 Å². The number of hydrogen-bond acceptors (Lipinski definition) is 2. The van der Waals surface area contributed by atoms with E-state index in [1.54, 1.807) is 6.07 Å². The fourth-order valence-corrected chi connectivity index (χ4v) is 3.24. The summed E-state index contributed by atoms with van der Waals surface area (Å²) in [5, 5.41) is 7.03. The molecule has 1 fully saturated rings. The summed E-state index contributed by atoms with van der Waals surface area (Å²) in [6.45, 7) is 0. The van der Waals surface area contributed by atoms with E-state index in [-0.39, 0.29) is 11.9 Å². The van der Waals surface area contributed by atoms with Gasteiger partial charge in [0.15, 0.2) is 0 Å². The lowest BCUT2D eigenvalue weighted by molar-refractivity contribution is -0.117. The van der Waals surface area contributed by atoms with E-state index >= 15 is 0 Å². The lowest BCUT2D eigenvalue weighted by Gasteiger charge is -2.11. The van der Waals surface area contributed by atoms with Gasteiger partial charge in [0.25, 0.3) is 0 Å². The molecule has 4 heteroatoms. The van der Waals surface area contributed by atoms with E-state index in [1.165, 1.54) is 5.56 Å². The summed E-state index contributed by atoms with van der Waals surface area (Å²) in [4.78, 5) is 12.1. The Balaban J connectivity index is 1.52. The highest BCUT2D eigenvalue weighted by Crippen LogP contribution is 2.43. The molecule has 1 aliphatic heterocycles. The Hall–Kier alpha value is -1.84. The van der Waals surface area contributed by atoms with Crippen LogP contribution in [0.5, 0.6) is 0 Å². The van der Waals surface area contributed by atoms with Gasteiger partial charge in [0, 0.05) is 28.2 Å². The minimum atomic E-state index is -0.294. The number of carbonyl (C=O) groups is 1. The molecule has 4 rings (SSSR count). The molecule has 106 valence electrons. The molecule has 2 aliphatic rings. The zero-order valence-electron chi connectivity index (χ0n) is 11.3. The fourth-order valence-electron chi connectivity index (χ4n) is 3.06. The molecule has 0 radical (unpaired) electrons. The maximum Gasteiger partial charge on any atom is 0.246 e. The molecule has 0 bridgehead atoms. The van der Waals surface area contributed by atoms with Gasteiger partial charge in [-0.2, -0.15) is 0 Å². The fraction of sp³-hybridized carbons (Fsp3) is 0.235. The third-order valence-corrected chi connectivity index (χ3v) is 4.48. The molecule has 2 N–H and O–H groups in total. The van der Waals surface area contributed by atoms with E-state index in [0.29, 0.717) is 17.0 Å². The van der Waals surface area contributed by atoms with Gasteiger partial charge in [-0.05, 0) is 30.2 Å². The topological polar surface area (TPSA) is 41.1 Å². The smallest absolute Gasteiger partial charge is 0.246 e. The van der Waals surface area contributed by atoms with Crippen molar-refractivity contribution >= 4 is 23.2 Å². The Bertz CT molecular complexity index is 701. The highest BCUT2D eigenvalue weighted by molar-refractivity contribution is 6.31. The second kappa shape index (κ2) is 4.86. The van der Waals surface area contributed by atoms with Crippen molar-refractivity contribution in [1.29, 1.82) is 0 Å². The van der Waals surface area contributed by atoms with Crippen LogP contribution >= 0.6 is 11.6 Å². The molecule has 1 heterocycles. The summed E-state index contributed by atoms with van der Waals surface area (Å²) < 4.78 is 0. The third kappa shape index (κ3) is 2.33. The van der Waals surface area contributed by atoms with Crippen molar-refractivity contribution in [2.24, 2.45) is 0 Å². The standard InChI is InChI=1S/C17H15ClN2O/c18-11-6-7-14-13(8-11)16(17(21)20-14)19-15-9-12(15)10-4-2-1-3-5-10/h1-8,12,15-16,19H,9H2,(H,20,21). The van der Waals surface area contributed by atoms with Gasteiger partial charge in [-0.15, -0.1) is 0 Å². The molecule has 3 nitrogen and oxygen atoms in total. The van der Waals surface area contributed by atoms with Gasteiger partial charge in [0.1, 0.15) is 6.04 Å². The van der Waals surface area contributed by atoms with Crippen LogP contribution in [0.3, 0.4) is 0 Å². The number of anilines is 1. The van der Waals surface area contributed by atoms with Crippen molar-refractivity contribution < 1.29 is 4.79 Å². The lowest BCUT2D eigenvalue weighted by Crippen LogP contribution is -2.29. The lowest BCUT2D eigenvalue weighted by atomic mass is 10.1. The Morgan fingerprint density at radius 1 is 1.14 bits per heavy atom. The van der Waals surface area contributed by atoms with Crippen molar-refractivity contribution in [3.05, 3.63) is 64.7 Å². The molecule has 1 aliphatic carbocycles. The number of carbonyl (C=O) groups excluding carboxylic acids is 1. The molecule has 0 aromatic heterocycles. The summed E-state index contributed by atoms with van der Waals surface area (Å²) in [5.41, 5.74) is 3.14. The second-order valence-corrected chi connectivity index (χ2v) is 6.12. The highest BCUT2D eigenvalue weighted by Gasteiger charge is 2.42. The number of halogens is 1. The van der Waals surface area contributed by atoms with Crippen molar-refractivity contribution in [1.82, 2.24) is 5.32 Å². The van der Waals surface area contributed by atoms with Crippen LogP contribution in [0, 0.1) is 0 Å². The molecule has 2 aromatic rings. The predicted molar refractivity (Wildman–Crippen MR) is 83.5 cm³/mol. The van der Waals surface area contributed by atoms with Gasteiger partial charge in [0.2, 0.25) is 5.91 Å². The number of rotatable bonds is 3. The average molecular weight is 299 g/mol. The predicted octanol–water partition coefficient (Wildman–Crippen LogP) is 3.48. The van der Waals surface area contributed by atoms with E-state index < -0.39 is 0 Å². The van der Waals surface area contributed by atoms with Crippen molar-refractivity contribution in [3.63, 3.8) is 0 Å². The summed E-state index contributed by atoms with van der Waals surface area (Å²) in [6, 6.07) is 16.0. The van der Waals surface area contributed by atoms with E-state index in [4.69, 9.17) is 11.6 Å². The van der Waals surface area contributed by atoms with E-state index in [2.05, 4.69) is 34.9 Å². The maximum absolute atomic E-state index is 12.1. The molecular formula is C17H15ClN2O. The van der Waals surface area contributed by atoms with Crippen LogP contribution in [0.4, 0.5) is 5.69 Å². The van der Waals surface area contributed by atoms with E-state index in [1.807, 2.05) is 18.2 Å². The minimum absolute atomic E-state index is 0.00554.